The molecule has 0 aliphatic rings. The predicted octanol–water partition coefficient (Wildman–Crippen LogP) is 1.15. The number of hydrogen-bond donors (Lipinski definition) is 3. The molecule has 0 saturated heterocycles. The highest BCUT2D eigenvalue weighted by atomic mass is 16.4. The first-order chi connectivity index (χ1) is 12.8. The van der Waals surface area contributed by atoms with E-state index in [1.807, 2.05) is 12.2 Å². The Morgan fingerprint density at radius 2 is 1.44 bits per heavy atom. The summed E-state index contributed by atoms with van der Waals surface area (Å²) in [7, 11) is 0. The minimum atomic E-state index is -1.26. The third-order valence-electron chi connectivity index (χ3n) is 4.97. The molecule has 0 heterocycles. The molecule has 0 rings (SSSR count). The Kier molecular flexibility index (Phi) is 14.1. The molecule has 3 unspecified atom stereocenters. The molecule has 0 aromatic rings. The van der Waals surface area contributed by atoms with Crippen molar-refractivity contribution in [3.05, 3.63) is 24.3 Å². The Balaban J connectivity index is 5.30. The summed E-state index contributed by atoms with van der Waals surface area (Å²) in [5, 5.41) is 41.9. The number of hydrogen-bond acceptors (Lipinski definition) is 5. The number of carbonyl (C=O) groups is 1. The second kappa shape index (κ2) is 14.8. The number of carboxylic acid groups (broad SMARTS) is 1. The predicted molar refractivity (Wildman–Crippen MR) is 106 cm³/mol. The number of nitrogens with zero attached hydrogens (tertiary/aromatic N) is 1. The van der Waals surface area contributed by atoms with E-state index in [4.69, 9.17) is 0 Å². The lowest BCUT2D eigenvalue weighted by Gasteiger charge is -2.45. The van der Waals surface area contributed by atoms with Gasteiger partial charge in [-0.05, 0) is 19.8 Å². The second-order valence-corrected chi connectivity index (χ2v) is 7.30. The zero-order chi connectivity index (χ0) is 20.7. The number of allylic oxidation sites excluding steroid dienone is 2. The fourth-order valence-corrected chi connectivity index (χ4v) is 3.21. The van der Waals surface area contributed by atoms with Crippen molar-refractivity contribution < 1.29 is 29.7 Å². The highest BCUT2D eigenvalue weighted by Crippen LogP contribution is 2.18. The van der Waals surface area contributed by atoms with Crippen LogP contribution >= 0.6 is 0 Å². The molecule has 0 aromatic heterocycles. The molecule has 3 atom stereocenters. The molecule has 0 bridgehead atoms. The van der Waals surface area contributed by atoms with E-state index in [1.54, 1.807) is 12.2 Å². The van der Waals surface area contributed by atoms with Gasteiger partial charge in [0.15, 0.2) is 0 Å². The van der Waals surface area contributed by atoms with E-state index in [9.17, 15) is 25.2 Å². The Bertz CT molecular complexity index is 424. The number of carbonyl (C=O) groups excluding carboxylic acids is 1. The third-order valence-corrected chi connectivity index (χ3v) is 4.97. The molecular formula is C21H39NO5. The maximum atomic E-state index is 11.6. The lowest BCUT2D eigenvalue weighted by Crippen LogP contribution is -2.65. The molecule has 27 heavy (non-hydrogen) atoms. The Morgan fingerprint density at radius 1 is 1.00 bits per heavy atom. The van der Waals surface area contributed by atoms with Crippen molar-refractivity contribution in [1.82, 2.24) is 0 Å². The summed E-state index contributed by atoms with van der Waals surface area (Å²) in [6.45, 7) is 5.75. The van der Waals surface area contributed by atoms with E-state index in [1.165, 1.54) is 6.92 Å². The van der Waals surface area contributed by atoms with Crippen molar-refractivity contribution in [3.63, 3.8) is 0 Å². The fraction of sp³-hybridized carbons (Fsp3) is 0.762. The smallest absolute Gasteiger partial charge is 0.127 e. The lowest BCUT2D eigenvalue weighted by molar-refractivity contribution is -0.947. The van der Waals surface area contributed by atoms with Crippen LogP contribution in [0.1, 0.15) is 59.3 Å². The third kappa shape index (κ3) is 10.6. The summed E-state index contributed by atoms with van der Waals surface area (Å²) < 4.78 is -0.141. The zero-order valence-corrected chi connectivity index (χ0v) is 17.2. The highest BCUT2D eigenvalue weighted by Gasteiger charge is 2.37. The molecule has 0 aromatic carbocycles. The van der Waals surface area contributed by atoms with Gasteiger partial charge in [0.05, 0.1) is 12.6 Å². The number of aliphatic hydroxyl groups excluding tert-OH is 3. The average molecular weight is 386 g/mol. The minimum absolute atomic E-state index is 0.0954. The van der Waals surface area contributed by atoms with Crippen LogP contribution in [0.5, 0.6) is 0 Å². The zero-order valence-electron chi connectivity index (χ0n) is 17.2. The first-order valence-corrected chi connectivity index (χ1v) is 10.2. The Labute approximate surface area is 164 Å². The standard InChI is InChI=1S/C21H39NO5/c1-4-6-8-10-12-19(24)16-22(14-15-23,18(3)21(26)27)17-20(25)13-11-9-7-5-2/h10-13,18-20,23-25H,4-9,14-17H2,1-3H3/b12-10+,13-11+. The van der Waals surface area contributed by atoms with Crippen LogP contribution in [0.25, 0.3) is 0 Å². The van der Waals surface area contributed by atoms with Gasteiger partial charge in [-0.3, -0.25) is 0 Å². The molecule has 6 nitrogen and oxygen atoms in total. The first-order valence-electron chi connectivity index (χ1n) is 10.2. The van der Waals surface area contributed by atoms with E-state index < -0.39 is 24.2 Å². The number of carboxylic acids is 1. The molecule has 0 radical (unpaired) electrons. The molecular weight excluding hydrogens is 346 g/mol. The molecule has 3 N–H and O–H groups in total. The van der Waals surface area contributed by atoms with Crippen molar-refractivity contribution in [3.8, 4) is 0 Å². The normalized spacial score (nSPS) is 17.9. The lowest BCUT2D eigenvalue weighted by atomic mass is 10.1. The van der Waals surface area contributed by atoms with Crippen LogP contribution in [0.15, 0.2) is 24.3 Å². The molecule has 158 valence electrons. The summed E-state index contributed by atoms with van der Waals surface area (Å²) in [4.78, 5) is 11.6. The average Bonchev–Trinajstić information content (AvgIpc) is 2.61. The summed E-state index contributed by atoms with van der Waals surface area (Å²) in [6, 6.07) is -0.963. The number of rotatable bonds is 16. The fourth-order valence-electron chi connectivity index (χ4n) is 3.21. The van der Waals surface area contributed by atoms with Gasteiger partial charge in [0, 0.05) is 0 Å². The van der Waals surface area contributed by atoms with Gasteiger partial charge in [-0.2, -0.15) is 0 Å². The van der Waals surface area contributed by atoms with Crippen molar-refractivity contribution in [2.24, 2.45) is 0 Å². The summed E-state index contributed by atoms with van der Waals surface area (Å²) in [6.07, 6.45) is 11.3. The van der Waals surface area contributed by atoms with Crippen LogP contribution in [-0.4, -0.2) is 70.3 Å². The largest absolute Gasteiger partial charge is 0.544 e. The summed E-state index contributed by atoms with van der Waals surface area (Å²) in [5.41, 5.74) is 0. The number of unbranched alkanes of at least 4 members (excludes halogenated alkanes) is 4. The van der Waals surface area contributed by atoms with E-state index in [0.717, 1.165) is 38.5 Å². The summed E-state index contributed by atoms with van der Waals surface area (Å²) in [5.74, 6) is -1.26. The monoisotopic (exact) mass is 385 g/mol. The van der Waals surface area contributed by atoms with Crippen LogP contribution in [0, 0.1) is 0 Å². The van der Waals surface area contributed by atoms with E-state index in [0.29, 0.717) is 0 Å². The molecule has 0 aliphatic heterocycles. The number of quaternary nitrogens is 1. The van der Waals surface area contributed by atoms with Crippen LogP contribution in [0.2, 0.25) is 0 Å². The minimum Gasteiger partial charge on any atom is -0.544 e. The van der Waals surface area contributed by atoms with Gasteiger partial charge in [0.1, 0.15) is 37.9 Å². The number of aliphatic carboxylic acids is 1. The van der Waals surface area contributed by atoms with Crippen LogP contribution in [0.4, 0.5) is 0 Å². The summed E-state index contributed by atoms with van der Waals surface area (Å²) >= 11 is 0. The quantitative estimate of drug-likeness (QED) is 0.210. The van der Waals surface area contributed by atoms with Crippen LogP contribution in [-0.2, 0) is 4.79 Å². The van der Waals surface area contributed by atoms with Gasteiger partial charge in [0.2, 0.25) is 0 Å². The van der Waals surface area contributed by atoms with Crippen LogP contribution < -0.4 is 5.11 Å². The maximum absolute atomic E-state index is 11.6. The Morgan fingerprint density at radius 3 is 1.78 bits per heavy atom. The molecule has 0 saturated carbocycles. The Hall–Kier alpha value is -1.21. The van der Waals surface area contributed by atoms with Gasteiger partial charge >= 0.3 is 0 Å². The highest BCUT2D eigenvalue weighted by molar-refractivity contribution is 5.69. The van der Waals surface area contributed by atoms with Gasteiger partial charge in [-0.25, -0.2) is 0 Å². The van der Waals surface area contributed by atoms with Crippen molar-refractivity contribution in [2.75, 3.05) is 26.2 Å². The second-order valence-electron chi connectivity index (χ2n) is 7.30. The molecule has 0 spiro atoms. The maximum Gasteiger partial charge on any atom is 0.127 e. The van der Waals surface area contributed by atoms with Gasteiger partial charge in [0.25, 0.3) is 0 Å². The molecule has 0 amide bonds. The first kappa shape index (κ1) is 25.8. The van der Waals surface area contributed by atoms with Gasteiger partial charge < -0.3 is 29.7 Å². The van der Waals surface area contributed by atoms with E-state index >= 15 is 0 Å². The topological polar surface area (TPSA) is 101 Å². The molecule has 6 heteroatoms. The van der Waals surface area contributed by atoms with Crippen molar-refractivity contribution >= 4 is 5.97 Å². The van der Waals surface area contributed by atoms with Crippen molar-refractivity contribution in [2.45, 2.75) is 77.5 Å². The van der Waals surface area contributed by atoms with Gasteiger partial charge in [-0.1, -0.05) is 63.8 Å². The van der Waals surface area contributed by atoms with Crippen molar-refractivity contribution in [1.29, 1.82) is 0 Å². The van der Waals surface area contributed by atoms with Crippen LogP contribution in [0.3, 0.4) is 0 Å². The van der Waals surface area contributed by atoms with Gasteiger partial charge in [-0.15, -0.1) is 0 Å². The molecule has 0 aliphatic carbocycles. The number of aliphatic hydroxyl groups is 3. The van der Waals surface area contributed by atoms with E-state index in [-0.39, 0.29) is 30.7 Å². The SMILES string of the molecule is CCCC/C=C/C(O)C[N+](CCO)(CC(O)/C=C/CCCC)C(C)C(=O)[O-]. The molecule has 0 fully saturated rings. The van der Waals surface area contributed by atoms with E-state index in [2.05, 4.69) is 13.8 Å².